The third-order valence-electron chi connectivity index (χ3n) is 5.82. The summed E-state index contributed by atoms with van der Waals surface area (Å²) in [6.45, 7) is 1.34. The second-order valence-electron chi connectivity index (χ2n) is 8.11. The molecule has 6 nitrogen and oxygen atoms in total. The first kappa shape index (κ1) is 21.4. The summed E-state index contributed by atoms with van der Waals surface area (Å²) < 4.78 is 0. The van der Waals surface area contributed by atoms with Gasteiger partial charge in [0.25, 0.3) is 0 Å². The average molecular weight is 430 g/mol. The zero-order valence-electron chi connectivity index (χ0n) is 17.9. The molecule has 0 bridgehead atoms. The Labute approximate surface area is 187 Å². The lowest BCUT2D eigenvalue weighted by Gasteiger charge is -2.32. The summed E-state index contributed by atoms with van der Waals surface area (Å²) in [5.41, 5.74) is 10.6. The number of carboxylic acid groups (broad SMARTS) is 1. The minimum atomic E-state index is -0.997. The summed E-state index contributed by atoms with van der Waals surface area (Å²) in [5, 5.41) is 9.63. The fraction of sp³-hybridized carbons (Fsp3) is 0.231. The number of aliphatic carboxylic acids is 1. The zero-order chi connectivity index (χ0) is 22.5. The number of anilines is 2. The van der Waals surface area contributed by atoms with Crippen molar-refractivity contribution in [3.05, 3.63) is 95.6 Å². The second-order valence-corrected chi connectivity index (χ2v) is 8.11. The molecule has 0 radical (unpaired) electrons. The first-order chi connectivity index (χ1) is 15.5. The number of amides is 1. The van der Waals surface area contributed by atoms with E-state index in [9.17, 15) is 14.7 Å². The van der Waals surface area contributed by atoms with Crippen molar-refractivity contribution in [1.82, 2.24) is 4.90 Å². The van der Waals surface area contributed by atoms with Crippen LogP contribution in [-0.2, 0) is 29.1 Å². The number of carbonyl (C=O) groups is 2. The number of nitrogens with two attached hydrogens (primary N) is 1. The lowest BCUT2D eigenvalue weighted by Crippen LogP contribution is -2.48. The van der Waals surface area contributed by atoms with E-state index in [4.69, 9.17) is 5.73 Å². The SMILES string of the molecule is Nc1ccc2c(c1)CN(CCc1ccccc1)C(=O)C(CC(=O)O)N2Cc1ccccc1. The van der Waals surface area contributed by atoms with Crippen molar-refractivity contribution in [2.45, 2.75) is 32.0 Å². The van der Waals surface area contributed by atoms with Gasteiger partial charge in [0.05, 0.1) is 6.42 Å². The molecular formula is C26H27N3O3. The molecule has 0 aromatic heterocycles. The number of rotatable bonds is 7. The Morgan fingerprint density at radius 1 is 0.969 bits per heavy atom. The summed E-state index contributed by atoms with van der Waals surface area (Å²) in [4.78, 5) is 29.1. The molecule has 0 fully saturated rings. The van der Waals surface area contributed by atoms with Gasteiger partial charge in [0, 0.05) is 31.0 Å². The van der Waals surface area contributed by atoms with E-state index in [1.165, 1.54) is 0 Å². The van der Waals surface area contributed by atoms with Crippen LogP contribution < -0.4 is 10.6 Å². The molecule has 1 atom stereocenters. The Morgan fingerprint density at radius 3 is 2.28 bits per heavy atom. The third-order valence-corrected chi connectivity index (χ3v) is 5.82. The van der Waals surface area contributed by atoms with Crippen LogP contribution in [0.2, 0.25) is 0 Å². The summed E-state index contributed by atoms with van der Waals surface area (Å²) in [7, 11) is 0. The van der Waals surface area contributed by atoms with Crippen LogP contribution in [0.5, 0.6) is 0 Å². The molecule has 0 spiro atoms. The highest BCUT2D eigenvalue weighted by atomic mass is 16.4. The summed E-state index contributed by atoms with van der Waals surface area (Å²) in [6, 6.07) is 24.6. The minimum absolute atomic E-state index is 0.172. The van der Waals surface area contributed by atoms with Crippen LogP contribution in [-0.4, -0.2) is 34.5 Å². The minimum Gasteiger partial charge on any atom is -0.481 e. The van der Waals surface area contributed by atoms with Gasteiger partial charge < -0.3 is 20.6 Å². The molecule has 3 N–H and O–H groups in total. The Morgan fingerprint density at radius 2 is 1.62 bits per heavy atom. The fourth-order valence-corrected chi connectivity index (χ4v) is 4.24. The topological polar surface area (TPSA) is 86.9 Å². The second kappa shape index (κ2) is 9.56. The first-order valence-corrected chi connectivity index (χ1v) is 10.7. The molecular weight excluding hydrogens is 402 g/mol. The van der Waals surface area contributed by atoms with E-state index >= 15 is 0 Å². The predicted molar refractivity (Wildman–Crippen MR) is 125 cm³/mol. The number of nitrogen functional groups attached to an aromatic ring is 1. The fourth-order valence-electron chi connectivity index (χ4n) is 4.24. The van der Waals surface area contributed by atoms with Crippen LogP contribution >= 0.6 is 0 Å². The zero-order valence-corrected chi connectivity index (χ0v) is 17.9. The van der Waals surface area contributed by atoms with Crippen molar-refractivity contribution in [2.75, 3.05) is 17.2 Å². The highest BCUT2D eigenvalue weighted by Gasteiger charge is 2.36. The monoisotopic (exact) mass is 429 g/mol. The number of carbonyl (C=O) groups excluding carboxylic acids is 1. The van der Waals surface area contributed by atoms with Gasteiger partial charge in [-0.3, -0.25) is 9.59 Å². The molecule has 1 amide bonds. The van der Waals surface area contributed by atoms with Crippen molar-refractivity contribution in [2.24, 2.45) is 0 Å². The highest BCUT2D eigenvalue weighted by molar-refractivity contribution is 5.91. The summed E-state index contributed by atoms with van der Waals surface area (Å²) in [6.07, 6.45) is 0.431. The molecule has 4 rings (SSSR count). The van der Waals surface area contributed by atoms with Gasteiger partial charge >= 0.3 is 5.97 Å². The van der Waals surface area contributed by atoms with Gasteiger partial charge in [0.15, 0.2) is 0 Å². The summed E-state index contributed by atoms with van der Waals surface area (Å²) in [5.74, 6) is -1.17. The number of hydrogen-bond donors (Lipinski definition) is 2. The Kier molecular flexibility index (Phi) is 6.40. The van der Waals surface area contributed by atoms with E-state index in [0.717, 1.165) is 22.4 Å². The van der Waals surface area contributed by atoms with Gasteiger partial charge in [-0.15, -0.1) is 0 Å². The van der Waals surface area contributed by atoms with E-state index in [1.54, 1.807) is 11.0 Å². The molecule has 32 heavy (non-hydrogen) atoms. The van der Waals surface area contributed by atoms with E-state index in [2.05, 4.69) is 0 Å². The number of fused-ring (bicyclic) bond motifs is 1. The molecule has 0 aliphatic carbocycles. The molecule has 1 aliphatic heterocycles. The Balaban J connectivity index is 1.71. The van der Waals surface area contributed by atoms with Crippen molar-refractivity contribution in [3.63, 3.8) is 0 Å². The molecule has 0 saturated heterocycles. The van der Waals surface area contributed by atoms with Crippen LogP contribution in [0.1, 0.15) is 23.1 Å². The lowest BCUT2D eigenvalue weighted by atomic mass is 10.1. The molecule has 6 heteroatoms. The normalized spacial score (nSPS) is 15.9. The molecule has 1 aliphatic rings. The van der Waals surface area contributed by atoms with Crippen LogP contribution in [0.25, 0.3) is 0 Å². The van der Waals surface area contributed by atoms with Crippen molar-refractivity contribution in [3.8, 4) is 0 Å². The van der Waals surface area contributed by atoms with E-state index in [0.29, 0.717) is 31.7 Å². The van der Waals surface area contributed by atoms with Crippen LogP contribution in [0, 0.1) is 0 Å². The largest absolute Gasteiger partial charge is 0.481 e. The Hall–Kier alpha value is -3.80. The number of hydrogen-bond acceptors (Lipinski definition) is 4. The van der Waals surface area contributed by atoms with E-state index in [-0.39, 0.29) is 12.3 Å². The highest BCUT2D eigenvalue weighted by Crippen LogP contribution is 2.33. The third kappa shape index (κ3) is 4.91. The first-order valence-electron chi connectivity index (χ1n) is 10.7. The van der Waals surface area contributed by atoms with Crippen molar-refractivity contribution < 1.29 is 14.7 Å². The van der Waals surface area contributed by atoms with Crippen LogP contribution in [0.15, 0.2) is 78.9 Å². The molecule has 1 heterocycles. The Bertz CT molecular complexity index is 1090. The smallest absolute Gasteiger partial charge is 0.305 e. The molecule has 3 aromatic rings. The lowest BCUT2D eigenvalue weighted by molar-refractivity contribution is -0.142. The van der Waals surface area contributed by atoms with Gasteiger partial charge in [-0.25, -0.2) is 0 Å². The van der Waals surface area contributed by atoms with Crippen molar-refractivity contribution >= 4 is 23.3 Å². The number of benzene rings is 3. The van der Waals surface area contributed by atoms with E-state index in [1.807, 2.05) is 77.7 Å². The van der Waals surface area contributed by atoms with Crippen LogP contribution in [0.3, 0.4) is 0 Å². The molecule has 0 saturated carbocycles. The van der Waals surface area contributed by atoms with Gasteiger partial charge in [-0.2, -0.15) is 0 Å². The maximum absolute atomic E-state index is 13.6. The number of nitrogens with zero attached hydrogens (tertiary/aromatic N) is 2. The van der Waals surface area contributed by atoms with Gasteiger partial charge in [0.2, 0.25) is 5.91 Å². The summed E-state index contributed by atoms with van der Waals surface area (Å²) >= 11 is 0. The van der Waals surface area contributed by atoms with Gasteiger partial charge in [0.1, 0.15) is 6.04 Å². The van der Waals surface area contributed by atoms with Gasteiger partial charge in [-0.1, -0.05) is 60.7 Å². The standard InChI is InChI=1S/C26H27N3O3/c27-22-11-12-23-21(15-22)18-28(14-13-19-7-3-1-4-8-19)26(32)24(16-25(30)31)29(23)17-20-9-5-2-6-10-20/h1-12,15,24H,13-14,16-18,27H2,(H,30,31). The molecule has 164 valence electrons. The average Bonchev–Trinajstić information content (AvgIpc) is 2.89. The molecule has 1 unspecified atom stereocenters. The maximum Gasteiger partial charge on any atom is 0.305 e. The number of carboxylic acids is 1. The van der Waals surface area contributed by atoms with Crippen LogP contribution in [0.4, 0.5) is 11.4 Å². The molecule has 3 aromatic carbocycles. The van der Waals surface area contributed by atoms with Gasteiger partial charge in [-0.05, 0) is 41.3 Å². The predicted octanol–water partition coefficient (Wildman–Crippen LogP) is 3.70. The van der Waals surface area contributed by atoms with Crippen molar-refractivity contribution in [1.29, 1.82) is 0 Å². The maximum atomic E-state index is 13.6. The van der Waals surface area contributed by atoms with E-state index < -0.39 is 12.0 Å². The quantitative estimate of drug-likeness (QED) is 0.559.